The molecule has 2 aromatic carbocycles. The maximum absolute atomic E-state index is 11.4. The number of esters is 1. The minimum Gasteiger partial charge on any atom is -0.494 e. The van der Waals surface area contributed by atoms with Crippen LogP contribution < -0.4 is 9.64 Å². The van der Waals surface area contributed by atoms with Crippen LogP contribution in [-0.4, -0.2) is 57.3 Å². The van der Waals surface area contributed by atoms with Crippen LogP contribution in [0.5, 0.6) is 5.75 Å². The lowest BCUT2D eigenvalue weighted by atomic mass is 10.1. The summed E-state index contributed by atoms with van der Waals surface area (Å²) in [6.45, 7) is 7.17. The molecule has 0 radical (unpaired) electrons. The molecule has 1 aliphatic heterocycles. The molecule has 0 aliphatic carbocycles. The molecule has 0 N–H and O–H groups in total. The Bertz CT molecular complexity index is 754. The zero-order valence-corrected chi connectivity index (χ0v) is 16.4. The highest BCUT2D eigenvalue weighted by molar-refractivity contribution is 5.95. The highest BCUT2D eigenvalue weighted by atomic mass is 16.5. The Labute approximate surface area is 161 Å². The van der Waals surface area contributed by atoms with Gasteiger partial charge in [-0.05, 0) is 50.4 Å². The summed E-state index contributed by atoms with van der Waals surface area (Å²) >= 11 is 0. The molecular formula is C22H30N2O3. The normalized spacial score (nSPS) is 15.1. The first kappa shape index (κ1) is 19.5. The molecule has 0 atom stereocenters. The zero-order chi connectivity index (χ0) is 19.1. The monoisotopic (exact) mass is 370 g/mol. The van der Waals surface area contributed by atoms with Gasteiger partial charge in [0, 0.05) is 43.7 Å². The third kappa shape index (κ3) is 5.36. The van der Waals surface area contributed by atoms with E-state index in [1.54, 1.807) is 0 Å². The smallest absolute Gasteiger partial charge is 0.305 e. The summed E-state index contributed by atoms with van der Waals surface area (Å²) in [4.78, 5) is 16.2. The van der Waals surface area contributed by atoms with Gasteiger partial charge in [0.05, 0.1) is 13.2 Å². The molecule has 3 rings (SSSR count). The van der Waals surface area contributed by atoms with Crippen LogP contribution in [0, 0.1) is 0 Å². The molecule has 27 heavy (non-hydrogen) atoms. The van der Waals surface area contributed by atoms with Crippen LogP contribution in [0.1, 0.15) is 26.2 Å². The van der Waals surface area contributed by atoms with Crippen LogP contribution in [0.15, 0.2) is 36.4 Å². The van der Waals surface area contributed by atoms with Gasteiger partial charge in [0.25, 0.3) is 0 Å². The third-order valence-electron chi connectivity index (χ3n) is 5.02. The Balaban J connectivity index is 1.60. The summed E-state index contributed by atoms with van der Waals surface area (Å²) in [5.74, 6) is 0.764. The number of carbonyl (C=O) groups is 1. The van der Waals surface area contributed by atoms with Gasteiger partial charge in [0.2, 0.25) is 0 Å². The summed E-state index contributed by atoms with van der Waals surface area (Å²) in [7, 11) is 2.17. The average molecular weight is 370 g/mol. The molecule has 5 heteroatoms. The first-order valence-corrected chi connectivity index (χ1v) is 9.92. The van der Waals surface area contributed by atoms with E-state index in [0.29, 0.717) is 19.6 Å². The molecule has 0 unspecified atom stereocenters. The van der Waals surface area contributed by atoms with Gasteiger partial charge in [0.15, 0.2) is 0 Å². The van der Waals surface area contributed by atoms with Crippen LogP contribution >= 0.6 is 0 Å². The molecule has 5 nitrogen and oxygen atoms in total. The van der Waals surface area contributed by atoms with Crippen LogP contribution in [0.3, 0.4) is 0 Å². The Hall–Kier alpha value is -2.27. The first-order valence-electron chi connectivity index (χ1n) is 9.92. The van der Waals surface area contributed by atoms with Gasteiger partial charge in [-0.3, -0.25) is 4.79 Å². The van der Waals surface area contributed by atoms with E-state index in [-0.39, 0.29) is 5.97 Å². The number of piperazine rings is 1. The highest BCUT2D eigenvalue weighted by Gasteiger charge is 2.16. The lowest BCUT2D eigenvalue weighted by Gasteiger charge is -2.34. The van der Waals surface area contributed by atoms with Gasteiger partial charge >= 0.3 is 5.97 Å². The Kier molecular flexibility index (Phi) is 6.93. The summed E-state index contributed by atoms with van der Waals surface area (Å²) in [6, 6.07) is 12.8. The quantitative estimate of drug-likeness (QED) is 0.523. The molecule has 1 saturated heterocycles. The Morgan fingerprint density at radius 1 is 1.07 bits per heavy atom. The molecule has 1 aliphatic rings. The van der Waals surface area contributed by atoms with E-state index in [1.807, 2.05) is 13.0 Å². The molecule has 1 heterocycles. The topological polar surface area (TPSA) is 42.0 Å². The maximum Gasteiger partial charge on any atom is 0.305 e. The number of benzene rings is 2. The van der Waals surface area contributed by atoms with E-state index in [9.17, 15) is 4.79 Å². The molecule has 2 aromatic rings. The van der Waals surface area contributed by atoms with Crippen LogP contribution in [0.2, 0.25) is 0 Å². The minimum absolute atomic E-state index is 0.125. The van der Waals surface area contributed by atoms with Crippen molar-refractivity contribution in [3.63, 3.8) is 0 Å². The Morgan fingerprint density at radius 3 is 2.67 bits per heavy atom. The molecule has 0 amide bonds. The number of anilines is 1. The fourth-order valence-corrected chi connectivity index (χ4v) is 3.44. The second kappa shape index (κ2) is 9.60. The van der Waals surface area contributed by atoms with Crippen molar-refractivity contribution in [2.24, 2.45) is 0 Å². The number of nitrogens with zero attached hydrogens (tertiary/aromatic N) is 2. The van der Waals surface area contributed by atoms with E-state index in [2.05, 4.69) is 47.2 Å². The lowest BCUT2D eigenvalue weighted by molar-refractivity contribution is -0.143. The Morgan fingerprint density at radius 2 is 1.89 bits per heavy atom. The molecular weight excluding hydrogens is 340 g/mol. The largest absolute Gasteiger partial charge is 0.494 e. The van der Waals surface area contributed by atoms with Gasteiger partial charge in [-0.2, -0.15) is 0 Å². The van der Waals surface area contributed by atoms with E-state index >= 15 is 0 Å². The van der Waals surface area contributed by atoms with E-state index < -0.39 is 0 Å². The molecule has 0 saturated carbocycles. The number of likely N-dealkylation sites (N-methyl/N-ethyl adjacent to an activating group) is 1. The number of unbranched alkanes of at least 4 members (excludes halogenated alkanes) is 1. The van der Waals surface area contributed by atoms with Gasteiger partial charge in [-0.15, -0.1) is 0 Å². The fraction of sp³-hybridized carbons (Fsp3) is 0.500. The van der Waals surface area contributed by atoms with E-state index in [0.717, 1.165) is 44.8 Å². The van der Waals surface area contributed by atoms with Crippen LogP contribution in [0.25, 0.3) is 10.8 Å². The number of hydrogen-bond donors (Lipinski definition) is 0. The summed E-state index contributed by atoms with van der Waals surface area (Å²) in [6.07, 6.45) is 2.10. The number of hydrogen-bond acceptors (Lipinski definition) is 5. The van der Waals surface area contributed by atoms with Crippen molar-refractivity contribution >= 4 is 22.4 Å². The van der Waals surface area contributed by atoms with Crippen molar-refractivity contribution in [2.45, 2.75) is 26.2 Å². The van der Waals surface area contributed by atoms with Crippen molar-refractivity contribution in [1.29, 1.82) is 0 Å². The van der Waals surface area contributed by atoms with Crippen molar-refractivity contribution in [2.75, 3.05) is 51.3 Å². The molecule has 146 valence electrons. The van der Waals surface area contributed by atoms with Crippen LogP contribution in [-0.2, 0) is 9.53 Å². The summed E-state index contributed by atoms with van der Waals surface area (Å²) in [5, 5.41) is 2.48. The van der Waals surface area contributed by atoms with Crippen molar-refractivity contribution in [1.82, 2.24) is 4.90 Å². The summed E-state index contributed by atoms with van der Waals surface area (Å²) in [5.41, 5.74) is 1.29. The highest BCUT2D eigenvalue weighted by Crippen LogP contribution is 2.30. The SMILES string of the molecule is CCOC(=O)CCCCOc1ccc2cccc(N3CCN(C)CC3)c2c1. The molecule has 0 bridgehead atoms. The second-order valence-electron chi connectivity index (χ2n) is 7.06. The molecule has 0 aromatic heterocycles. The zero-order valence-electron chi connectivity index (χ0n) is 16.4. The van der Waals surface area contributed by atoms with Gasteiger partial charge in [0.1, 0.15) is 5.75 Å². The first-order chi connectivity index (χ1) is 13.2. The molecule has 0 spiro atoms. The average Bonchev–Trinajstić information content (AvgIpc) is 2.68. The predicted molar refractivity (Wildman–Crippen MR) is 110 cm³/mol. The van der Waals surface area contributed by atoms with E-state index in [4.69, 9.17) is 9.47 Å². The molecule has 1 fully saturated rings. The minimum atomic E-state index is -0.125. The summed E-state index contributed by atoms with van der Waals surface area (Å²) < 4.78 is 10.9. The number of carbonyl (C=O) groups excluding carboxylic acids is 1. The van der Waals surface area contributed by atoms with Crippen molar-refractivity contribution in [3.8, 4) is 5.75 Å². The second-order valence-corrected chi connectivity index (χ2v) is 7.06. The number of rotatable bonds is 8. The van der Waals surface area contributed by atoms with Crippen LogP contribution in [0.4, 0.5) is 5.69 Å². The maximum atomic E-state index is 11.4. The third-order valence-corrected chi connectivity index (χ3v) is 5.02. The van der Waals surface area contributed by atoms with Gasteiger partial charge in [-0.25, -0.2) is 0 Å². The number of ether oxygens (including phenoxy) is 2. The van der Waals surface area contributed by atoms with Gasteiger partial charge < -0.3 is 19.3 Å². The van der Waals surface area contributed by atoms with Crippen molar-refractivity contribution in [3.05, 3.63) is 36.4 Å². The van der Waals surface area contributed by atoms with Crippen molar-refractivity contribution < 1.29 is 14.3 Å². The number of fused-ring (bicyclic) bond motifs is 1. The fourth-order valence-electron chi connectivity index (χ4n) is 3.44. The lowest BCUT2D eigenvalue weighted by Crippen LogP contribution is -2.44. The predicted octanol–water partition coefficient (Wildman–Crippen LogP) is 3.70. The van der Waals surface area contributed by atoms with E-state index in [1.165, 1.54) is 16.5 Å². The van der Waals surface area contributed by atoms with Gasteiger partial charge in [-0.1, -0.05) is 18.2 Å². The standard InChI is InChI=1S/C22H30N2O3/c1-3-26-22(25)9-4-5-16-27-19-11-10-18-7-6-8-21(20(18)17-19)24-14-12-23(2)13-15-24/h6-8,10-11,17H,3-5,9,12-16H2,1-2H3.